The van der Waals surface area contributed by atoms with Gasteiger partial charge in [-0.25, -0.2) is 0 Å². The highest BCUT2D eigenvalue weighted by molar-refractivity contribution is 5.82. The summed E-state index contributed by atoms with van der Waals surface area (Å²) in [7, 11) is 1.28. The van der Waals surface area contributed by atoms with Crippen molar-refractivity contribution in [2.45, 2.75) is 66.9 Å². The maximum atomic E-state index is 12.8. The number of ether oxygens (including phenoxy) is 3. The van der Waals surface area contributed by atoms with Crippen molar-refractivity contribution < 1.29 is 33.7 Å². The molecule has 0 fully saturated rings. The first-order valence-corrected chi connectivity index (χ1v) is 9.92. The van der Waals surface area contributed by atoms with Gasteiger partial charge in [0.1, 0.15) is 17.1 Å². The van der Waals surface area contributed by atoms with E-state index in [0.717, 1.165) is 0 Å². The Morgan fingerprint density at radius 3 is 1.97 bits per heavy atom. The van der Waals surface area contributed by atoms with Gasteiger partial charge in [-0.15, -0.1) is 0 Å². The molecule has 30 heavy (non-hydrogen) atoms. The molecule has 0 radical (unpaired) electrons. The zero-order valence-electron chi connectivity index (χ0n) is 19.2. The lowest BCUT2D eigenvalue weighted by molar-refractivity contribution is -0.164. The molecule has 0 bridgehead atoms. The second kappa shape index (κ2) is 9.49. The molecule has 0 heterocycles. The first-order chi connectivity index (χ1) is 13.6. The van der Waals surface area contributed by atoms with E-state index in [0.29, 0.717) is 0 Å². The van der Waals surface area contributed by atoms with Gasteiger partial charge in [0.2, 0.25) is 0 Å². The molecule has 0 aliphatic carbocycles. The van der Waals surface area contributed by atoms with Gasteiger partial charge in [0.15, 0.2) is 0 Å². The molecule has 0 aliphatic rings. The lowest BCUT2D eigenvalue weighted by Crippen LogP contribution is -2.41. The van der Waals surface area contributed by atoms with Crippen molar-refractivity contribution in [3.05, 3.63) is 24.3 Å². The third-order valence-corrected chi connectivity index (χ3v) is 4.68. The van der Waals surface area contributed by atoms with Crippen molar-refractivity contribution >= 4 is 17.9 Å². The average molecular weight is 423 g/mol. The van der Waals surface area contributed by atoms with Crippen LogP contribution in [-0.4, -0.2) is 35.7 Å². The molecule has 0 aromatic heterocycles. The number of phenolic OH excluding ortho intramolecular Hbond substituents is 1. The van der Waals surface area contributed by atoms with Gasteiger partial charge in [-0.2, -0.15) is 0 Å². The van der Waals surface area contributed by atoms with E-state index in [1.807, 2.05) is 0 Å². The van der Waals surface area contributed by atoms with Gasteiger partial charge in [-0.05, 0) is 78.6 Å². The molecule has 2 atom stereocenters. The quantitative estimate of drug-likeness (QED) is 0.493. The summed E-state index contributed by atoms with van der Waals surface area (Å²) in [6, 6.07) is 5.79. The Labute approximate surface area is 178 Å². The van der Waals surface area contributed by atoms with Crippen LogP contribution in [0.1, 0.15) is 61.3 Å². The van der Waals surface area contributed by atoms with E-state index in [1.54, 1.807) is 48.5 Å². The van der Waals surface area contributed by atoms with Crippen LogP contribution >= 0.6 is 0 Å². The van der Waals surface area contributed by atoms with Crippen LogP contribution in [0.5, 0.6) is 11.5 Å². The molecule has 0 amide bonds. The number of carbonyl (C=O) groups excluding carboxylic acids is 3. The minimum atomic E-state index is -1.11. The minimum Gasteiger partial charge on any atom is -0.508 e. The Hall–Kier alpha value is -2.57. The van der Waals surface area contributed by atoms with Crippen LogP contribution in [0.4, 0.5) is 0 Å². The van der Waals surface area contributed by atoms with Gasteiger partial charge in [0.05, 0.1) is 23.9 Å². The molecule has 1 N–H and O–H groups in total. The number of phenols is 1. The lowest BCUT2D eigenvalue weighted by atomic mass is 9.70. The van der Waals surface area contributed by atoms with Crippen LogP contribution in [0.3, 0.4) is 0 Å². The van der Waals surface area contributed by atoms with E-state index in [9.17, 15) is 19.5 Å². The van der Waals surface area contributed by atoms with Crippen molar-refractivity contribution in [3.8, 4) is 11.5 Å². The number of rotatable bonds is 8. The second-order valence-electron chi connectivity index (χ2n) is 9.63. The summed E-state index contributed by atoms with van der Waals surface area (Å²) in [6.45, 7) is 12.1. The molecule has 168 valence electrons. The standard InChI is InChI=1S/C23H34O7/c1-15(18(25)30-21(2,3)4)13-23(7,20(27)28-8)14-22(5,6)19(26)29-17-11-9-16(24)10-12-17/h9-12,15,24H,13-14H2,1-8H3. The fraction of sp³-hybridized carbons (Fsp3) is 0.609. The smallest absolute Gasteiger partial charge is 0.316 e. The predicted molar refractivity (Wildman–Crippen MR) is 112 cm³/mol. The molecule has 0 saturated heterocycles. The Balaban J connectivity index is 3.00. The van der Waals surface area contributed by atoms with Crippen LogP contribution in [0, 0.1) is 16.7 Å². The molecule has 0 spiro atoms. The normalized spacial score (nSPS) is 14.9. The molecular formula is C23H34O7. The highest BCUT2D eigenvalue weighted by atomic mass is 16.6. The Bertz CT molecular complexity index is 759. The van der Waals surface area contributed by atoms with E-state index < -0.39 is 40.3 Å². The Morgan fingerprint density at radius 2 is 1.50 bits per heavy atom. The van der Waals surface area contributed by atoms with Crippen LogP contribution in [-0.2, 0) is 23.9 Å². The molecule has 2 unspecified atom stereocenters. The van der Waals surface area contributed by atoms with Gasteiger partial charge in [-0.1, -0.05) is 6.92 Å². The molecular weight excluding hydrogens is 388 g/mol. The zero-order chi connectivity index (χ0) is 23.3. The minimum absolute atomic E-state index is 0.0588. The highest BCUT2D eigenvalue weighted by Crippen LogP contribution is 2.41. The van der Waals surface area contributed by atoms with Crippen molar-refractivity contribution in [1.82, 2.24) is 0 Å². The molecule has 0 aliphatic heterocycles. The van der Waals surface area contributed by atoms with Crippen molar-refractivity contribution in [1.29, 1.82) is 0 Å². The summed E-state index contributed by atoms with van der Waals surface area (Å²) in [5, 5.41) is 9.36. The average Bonchev–Trinajstić information content (AvgIpc) is 2.60. The number of hydrogen-bond donors (Lipinski definition) is 1. The number of hydrogen-bond acceptors (Lipinski definition) is 7. The fourth-order valence-electron chi connectivity index (χ4n) is 3.44. The van der Waals surface area contributed by atoms with E-state index >= 15 is 0 Å². The topological polar surface area (TPSA) is 99.1 Å². The summed E-state index contributed by atoms with van der Waals surface area (Å²) in [5.74, 6) is -1.69. The number of carbonyl (C=O) groups is 3. The maximum absolute atomic E-state index is 12.8. The molecule has 7 heteroatoms. The molecule has 1 rings (SSSR count). The molecule has 7 nitrogen and oxygen atoms in total. The SMILES string of the molecule is COC(=O)C(C)(CC(C)C(=O)OC(C)(C)C)CC(C)(C)C(=O)Oc1ccc(O)cc1. The first-order valence-electron chi connectivity index (χ1n) is 9.92. The summed E-state index contributed by atoms with van der Waals surface area (Å²) >= 11 is 0. The third kappa shape index (κ3) is 7.35. The maximum Gasteiger partial charge on any atom is 0.316 e. The molecule has 1 aromatic rings. The van der Waals surface area contributed by atoms with E-state index in [-0.39, 0.29) is 24.3 Å². The third-order valence-electron chi connectivity index (χ3n) is 4.68. The van der Waals surface area contributed by atoms with Gasteiger partial charge in [0, 0.05) is 0 Å². The lowest BCUT2D eigenvalue weighted by Gasteiger charge is -2.35. The monoisotopic (exact) mass is 422 g/mol. The Morgan fingerprint density at radius 1 is 0.967 bits per heavy atom. The van der Waals surface area contributed by atoms with Crippen LogP contribution in [0.25, 0.3) is 0 Å². The Kier molecular flexibility index (Phi) is 8.06. The van der Waals surface area contributed by atoms with E-state index in [4.69, 9.17) is 14.2 Å². The predicted octanol–water partition coefficient (Wildman–Crippen LogP) is 4.26. The number of methoxy groups -OCH3 is 1. The summed E-state index contributed by atoms with van der Waals surface area (Å²) < 4.78 is 15.8. The number of benzene rings is 1. The fourth-order valence-corrected chi connectivity index (χ4v) is 3.44. The van der Waals surface area contributed by atoms with Gasteiger partial charge >= 0.3 is 17.9 Å². The van der Waals surface area contributed by atoms with Crippen molar-refractivity contribution in [2.75, 3.05) is 7.11 Å². The van der Waals surface area contributed by atoms with Crippen LogP contribution < -0.4 is 4.74 Å². The van der Waals surface area contributed by atoms with Gasteiger partial charge in [0.25, 0.3) is 0 Å². The van der Waals surface area contributed by atoms with Crippen LogP contribution in [0.15, 0.2) is 24.3 Å². The number of esters is 3. The molecule has 1 aromatic carbocycles. The summed E-state index contributed by atoms with van der Waals surface area (Å²) in [5.41, 5.74) is -2.79. The zero-order valence-corrected chi connectivity index (χ0v) is 19.2. The van der Waals surface area contributed by atoms with E-state index in [1.165, 1.54) is 31.4 Å². The van der Waals surface area contributed by atoms with Crippen molar-refractivity contribution in [2.24, 2.45) is 16.7 Å². The summed E-state index contributed by atoms with van der Waals surface area (Å²) in [4.78, 5) is 37.8. The van der Waals surface area contributed by atoms with Crippen LogP contribution in [0.2, 0.25) is 0 Å². The largest absolute Gasteiger partial charge is 0.508 e. The first kappa shape index (κ1) is 25.5. The summed E-state index contributed by atoms with van der Waals surface area (Å²) in [6.07, 6.45) is 0.265. The second-order valence-corrected chi connectivity index (χ2v) is 9.63. The van der Waals surface area contributed by atoms with E-state index in [2.05, 4.69) is 0 Å². The number of aromatic hydroxyl groups is 1. The highest BCUT2D eigenvalue weighted by Gasteiger charge is 2.45. The van der Waals surface area contributed by atoms with Crippen molar-refractivity contribution in [3.63, 3.8) is 0 Å². The van der Waals surface area contributed by atoms with Gasteiger partial charge in [-0.3, -0.25) is 14.4 Å². The molecule has 0 saturated carbocycles. The van der Waals surface area contributed by atoms with Gasteiger partial charge < -0.3 is 19.3 Å².